The van der Waals surface area contributed by atoms with E-state index < -0.39 is 0 Å². The van der Waals surface area contributed by atoms with Crippen molar-refractivity contribution in [1.82, 2.24) is 0 Å². The molecule has 0 aliphatic rings. The van der Waals surface area contributed by atoms with E-state index >= 15 is 0 Å². The third-order valence-corrected chi connectivity index (χ3v) is 2.30. The summed E-state index contributed by atoms with van der Waals surface area (Å²) in [6, 6.07) is 3.64. The summed E-state index contributed by atoms with van der Waals surface area (Å²) in [4.78, 5) is 1.79. The van der Waals surface area contributed by atoms with Crippen LogP contribution in [0.5, 0.6) is 0 Å². The zero-order valence-corrected chi connectivity index (χ0v) is 7.42. The van der Waals surface area contributed by atoms with Crippen molar-refractivity contribution < 1.29 is 0 Å². The molecule has 0 saturated heterocycles. The second kappa shape index (κ2) is 2.76. The van der Waals surface area contributed by atoms with Gasteiger partial charge in [-0.25, -0.2) is 0 Å². The fourth-order valence-corrected chi connectivity index (χ4v) is 1.33. The molecule has 0 amide bonds. The van der Waals surface area contributed by atoms with Gasteiger partial charge in [-0.2, -0.15) is 0 Å². The number of nitrogen functional groups attached to an aromatic ring is 1. The van der Waals surface area contributed by atoms with Crippen LogP contribution in [0.3, 0.4) is 0 Å². The molecular formula is C7H9NS2. The van der Waals surface area contributed by atoms with Crippen LogP contribution in [0.1, 0.15) is 5.56 Å². The van der Waals surface area contributed by atoms with Crippen LogP contribution in [0.4, 0.5) is 5.69 Å². The lowest BCUT2D eigenvalue weighted by atomic mass is 10.2. The van der Waals surface area contributed by atoms with Crippen molar-refractivity contribution >= 4 is 30.9 Å². The first-order valence-electron chi connectivity index (χ1n) is 2.89. The summed E-state index contributed by atoms with van der Waals surface area (Å²) < 4.78 is 0. The predicted octanol–water partition coefficient (Wildman–Crippen LogP) is 2.15. The molecule has 0 heterocycles. The van der Waals surface area contributed by atoms with Crippen LogP contribution in [0.15, 0.2) is 21.9 Å². The average Bonchev–Trinajstić information content (AvgIpc) is 1.82. The minimum atomic E-state index is 0.709. The number of hydrogen-bond donors (Lipinski definition) is 3. The number of benzene rings is 1. The summed E-state index contributed by atoms with van der Waals surface area (Å²) in [6.07, 6.45) is 0. The first-order chi connectivity index (χ1) is 4.61. The van der Waals surface area contributed by atoms with Crippen LogP contribution in [-0.2, 0) is 0 Å². The second-order valence-corrected chi connectivity index (χ2v) is 3.15. The van der Waals surface area contributed by atoms with E-state index in [9.17, 15) is 0 Å². The summed E-state index contributed by atoms with van der Waals surface area (Å²) in [5.41, 5.74) is 7.31. The first-order valence-corrected chi connectivity index (χ1v) is 3.79. The Labute approximate surface area is 71.4 Å². The normalized spacial score (nSPS) is 9.90. The van der Waals surface area contributed by atoms with E-state index in [0.717, 1.165) is 15.4 Å². The Kier molecular flexibility index (Phi) is 2.16. The van der Waals surface area contributed by atoms with Gasteiger partial charge in [0.25, 0.3) is 0 Å². The lowest BCUT2D eigenvalue weighted by molar-refractivity contribution is 1.21. The Morgan fingerprint density at radius 3 is 2.00 bits per heavy atom. The highest BCUT2D eigenvalue weighted by molar-refractivity contribution is 7.81. The Bertz CT molecular complexity index is 235. The molecule has 0 bridgehead atoms. The van der Waals surface area contributed by atoms with E-state index in [1.165, 1.54) is 0 Å². The molecule has 0 radical (unpaired) electrons. The minimum absolute atomic E-state index is 0.709. The minimum Gasteiger partial charge on any atom is -0.399 e. The van der Waals surface area contributed by atoms with Gasteiger partial charge in [0.15, 0.2) is 0 Å². The molecule has 0 saturated carbocycles. The highest BCUT2D eigenvalue weighted by atomic mass is 32.1. The molecule has 54 valence electrons. The Balaban J connectivity index is 3.31. The molecule has 1 rings (SSSR count). The van der Waals surface area contributed by atoms with Crippen LogP contribution in [0.2, 0.25) is 0 Å². The van der Waals surface area contributed by atoms with Crippen molar-refractivity contribution in [1.29, 1.82) is 0 Å². The van der Waals surface area contributed by atoms with Gasteiger partial charge < -0.3 is 5.73 Å². The van der Waals surface area contributed by atoms with Gasteiger partial charge in [0.05, 0.1) is 0 Å². The van der Waals surface area contributed by atoms with E-state index in [1.807, 2.05) is 19.1 Å². The Hall–Kier alpha value is -0.280. The molecule has 0 fully saturated rings. The highest BCUT2D eigenvalue weighted by Crippen LogP contribution is 2.23. The third-order valence-electron chi connectivity index (χ3n) is 1.38. The molecule has 0 unspecified atom stereocenters. The molecule has 2 N–H and O–H groups in total. The van der Waals surface area contributed by atoms with Crippen molar-refractivity contribution in [2.24, 2.45) is 0 Å². The van der Waals surface area contributed by atoms with Crippen molar-refractivity contribution in [2.45, 2.75) is 16.7 Å². The first kappa shape index (κ1) is 7.82. The second-order valence-electron chi connectivity index (χ2n) is 2.18. The van der Waals surface area contributed by atoms with Gasteiger partial charge in [0.1, 0.15) is 0 Å². The number of anilines is 1. The van der Waals surface area contributed by atoms with Gasteiger partial charge in [0, 0.05) is 15.5 Å². The van der Waals surface area contributed by atoms with Crippen molar-refractivity contribution in [3.8, 4) is 0 Å². The maximum atomic E-state index is 5.53. The van der Waals surface area contributed by atoms with Gasteiger partial charge in [-0.15, -0.1) is 25.3 Å². The van der Waals surface area contributed by atoms with E-state index in [4.69, 9.17) is 5.73 Å². The third kappa shape index (κ3) is 1.41. The molecule has 0 aliphatic heterocycles. The largest absolute Gasteiger partial charge is 0.399 e. The zero-order chi connectivity index (χ0) is 7.72. The van der Waals surface area contributed by atoms with Gasteiger partial charge in [-0.3, -0.25) is 0 Å². The number of hydrogen-bond acceptors (Lipinski definition) is 3. The van der Waals surface area contributed by atoms with Crippen molar-refractivity contribution in [3.05, 3.63) is 17.7 Å². The molecule has 10 heavy (non-hydrogen) atoms. The summed E-state index contributed by atoms with van der Waals surface area (Å²) in [6.45, 7) is 1.96. The van der Waals surface area contributed by atoms with Crippen LogP contribution < -0.4 is 5.73 Å². The maximum absolute atomic E-state index is 5.53. The van der Waals surface area contributed by atoms with Crippen LogP contribution >= 0.6 is 25.3 Å². The lowest BCUT2D eigenvalue weighted by Crippen LogP contribution is -1.87. The molecule has 0 atom stereocenters. The maximum Gasteiger partial charge on any atom is 0.0336 e. The smallest absolute Gasteiger partial charge is 0.0336 e. The molecule has 0 aliphatic carbocycles. The summed E-state index contributed by atoms with van der Waals surface area (Å²) in [5, 5.41) is 0. The number of nitrogens with two attached hydrogens (primary N) is 1. The Morgan fingerprint density at radius 2 is 1.60 bits per heavy atom. The van der Waals surface area contributed by atoms with E-state index in [1.54, 1.807) is 0 Å². The fourth-order valence-electron chi connectivity index (χ4n) is 0.705. The molecular weight excluding hydrogens is 162 g/mol. The highest BCUT2D eigenvalue weighted by Gasteiger charge is 1.98. The SMILES string of the molecule is Cc1c(S)cc(N)cc1S. The van der Waals surface area contributed by atoms with E-state index in [2.05, 4.69) is 25.3 Å². The van der Waals surface area contributed by atoms with Gasteiger partial charge in [-0.1, -0.05) is 0 Å². The van der Waals surface area contributed by atoms with Gasteiger partial charge in [0.2, 0.25) is 0 Å². The molecule has 1 aromatic carbocycles. The summed E-state index contributed by atoms with van der Waals surface area (Å²) >= 11 is 8.42. The van der Waals surface area contributed by atoms with Gasteiger partial charge >= 0.3 is 0 Å². The molecule has 0 spiro atoms. The Morgan fingerprint density at radius 1 is 1.20 bits per heavy atom. The monoisotopic (exact) mass is 171 g/mol. The summed E-state index contributed by atoms with van der Waals surface area (Å²) in [5.74, 6) is 0. The quantitative estimate of drug-likeness (QED) is 0.405. The van der Waals surface area contributed by atoms with Crippen LogP contribution in [0, 0.1) is 6.92 Å². The molecule has 1 nitrogen and oxygen atoms in total. The zero-order valence-electron chi connectivity index (χ0n) is 5.63. The summed E-state index contributed by atoms with van der Waals surface area (Å²) in [7, 11) is 0. The van der Waals surface area contributed by atoms with E-state index in [0.29, 0.717) is 5.69 Å². The topological polar surface area (TPSA) is 26.0 Å². The van der Waals surface area contributed by atoms with Crippen molar-refractivity contribution in [3.63, 3.8) is 0 Å². The fraction of sp³-hybridized carbons (Fsp3) is 0.143. The number of rotatable bonds is 0. The molecule has 0 aromatic heterocycles. The molecule has 3 heteroatoms. The molecule has 1 aromatic rings. The van der Waals surface area contributed by atoms with Crippen molar-refractivity contribution in [2.75, 3.05) is 5.73 Å². The predicted molar refractivity (Wildman–Crippen MR) is 50.1 cm³/mol. The number of thiol groups is 2. The van der Waals surface area contributed by atoms with E-state index in [-0.39, 0.29) is 0 Å². The lowest BCUT2D eigenvalue weighted by Gasteiger charge is -2.03. The van der Waals surface area contributed by atoms with Crippen LogP contribution in [0.25, 0.3) is 0 Å². The van der Waals surface area contributed by atoms with Gasteiger partial charge in [-0.05, 0) is 24.6 Å². The standard InChI is InChI=1S/C7H9NS2/c1-4-6(9)2-5(8)3-7(4)10/h2-3,9-10H,8H2,1H3. The average molecular weight is 171 g/mol. The van der Waals surface area contributed by atoms with Crippen LogP contribution in [-0.4, -0.2) is 0 Å².